The number of hydrogen-bond donors (Lipinski definition) is 2. The van der Waals surface area contributed by atoms with E-state index in [1.54, 1.807) is 0 Å². The molecule has 0 fully saturated rings. The molecule has 27 heavy (non-hydrogen) atoms. The third kappa shape index (κ3) is 25.9. The lowest BCUT2D eigenvalue weighted by Gasteiger charge is -2.04. The van der Waals surface area contributed by atoms with Gasteiger partial charge in [-0.15, -0.1) is 0 Å². The second kappa shape index (κ2) is 25.9. The molecule has 0 aromatic carbocycles. The van der Waals surface area contributed by atoms with Crippen LogP contribution in [0, 0.1) is 0 Å². The van der Waals surface area contributed by atoms with E-state index >= 15 is 0 Å². The summed E-state index contributed by atoms with van der Waals surface area (Å²) < 4.78 is 0. The highest BCUT2D eigenvalue weighted by Crippen LogP contribution is 2.14. The van der Waals surface area contributed by atoms with E-state index in [9.17, 15) is 0 Å². The predicted molar refractivity (Wildman–Crippen MR) is 123 cm³/mol. The van der Waals surface area contributed by atoms with Crippen molar-refractivity contribution in [2.24, 2.45) is 0 Å². The Morgan fingerprint density at radius 3 is 1.00 bits per heavy atom. The van der Waals surface area contributed by atoms with Crippen LogP contribution < -0.4 is 5.32 Å². The van der Waals surface area contributed by atoms with Crippen molar-refractivity contribution in [1.82, 2.24) is 5.32 Å². The molecule has 0 atom stereocenters. The maximum atomic E-state index is 8.74. The first-order chi connectivity index (χ1) is 13.4. The number of nitrogens with one attached hydrogen (secondary N) is 1. The van der Waals surface area contributed by atoms with E-state index in [0.29, 0.717) is 6.61 Å². The summed E-state index contributed by atoms with van der Waals surface area (Å²) in [4.78, 5) is 0. The molecular formula is C25H53NO. The van der Waals surface area contributed by atoms with Crippen molar-refractivity contribution in [3.05, 3.63) is 0 Å². The maximum Gasteiger partial charge on any atom is 0.0431 e. The Hall–Kier alpha value is -0.0800. The topological polar surface area (TPSA) is 32.3 Å². The molecule has 0 radical (unpaired) electrons. The van der Waals surface area contributed by atoms with E-state index in [4.69, 9.17) is 5.11 Å². The van der Waals surface area contributed by atoms with Gasteiger partial charge in [-0.05, 0) is 32.4 Å². The first-order valence-electron chi connectivity index (χ1n) is 12.7. The molecule has 0 aliphatic rings. The average Bonchev–Trinajstić information content (AvgIpc) is 2.68. The third-order valence-corrected chi connectivity index (χ3v) is 5.69. The summed E-state index contributed by atoms with van der Waals surface area (Å²) in [5.41, 5.74) is 0. The monoisotopic (exact) mass is 383 g/mol. The van der Waals surface area contributed by atoms with Gasteiger partial charge in [0.05, 0.1) is 0 Å². The van der Waals surface area contributed by atoms with Gasteiger partial charge in [-0.3, -0.25) is 0 Å². The van der Waals surface area contributed by atoms with E-state index in [0.717, 1.165) is 6.42 Å². The Labute approximate surface area is 172 Å². The Morgan fingerprint density at radius 2 is 0.704 bits per heavy atom. The summed E-state index contributed by atoms with van der Waals surface area (Å²) in [5, 5.41) is 12.2. The fourth-order valence-corrected chi connectivity index (χ4v) is 3.85. The van der Waals surface area contributed by atoms with E-state index in [1.807, 2.05) is 0 Å². The molecule has 2 N–H and O–H groups in total. The first-order valence-corrected chi connectivity index (χ1v) is 12.7. The van der Waals surface area contributed by atoms with E-state index in [2.05, 4.69) is 12.2 Å². The van der Waals surface area contributed by atoms with Crippen molar-refractivity contribution in [3.63, 3.8) is 0 Å². The lowest BCUT2D eigenvalue weighted by atomic mass is 10.0. The SMILES string of the molecule is CCCNCCCCCCCCCCCCCCCCCCCCCCO. The van der Waals surface area contributed by atoms with Crippen LogP contribution in [0.25, 0.3) is 0 Å². The smallest absolute Gasteiger partial charge is 0.0431 e. The van der Waals surface area contributed by atoms with Crippen molar-refractivity contribution in [2.45, 2.75) is 142 Å². The van der Waals surface area contributed by atoms with Gasteiger partial charge >= 0.3 is 0 Å². The van der Waals surface area contributed by atoms with Gasteiger partial charge in [0.15, 0.2) is 0 Å². The quantitative estimate of drug-likeness (QED) is 0.167. The summed E-state index contributed by atoms with van der Waals surface area (Å²) in [6.07, 6.45) is 29.3. The largest absolute Gasteiger partial charge is 0.396 e. The van der Waals surface area contributed by atoms with Crippen molar-refractivity contribution in [2.75, 3.05) is 19.7 Å². The molecule has 2 nitrogen and oxygen atoms in total. The Balaban J connectivity index is 2.95. The van der Waals surface area contributed by atoms with Gasteiger partial charge in [-0.25, -0.2) is 0 Å². The van der Waals surface area contributed by atoms with Gasteiger partial charge in [-0.1, -0.05) is 122 Å². The minimum atomic E-state index is 0.372. The van der Waals surface area contributed by atoms with E-state index < -0.39 is 0 Å². The number of aliphatic hydroxyl groups is 1. The van der Waals surface area contributed by atoms with Gasteiger partial charge in [0.25, 0.3) is 0 Å². The van der Waals surface area contributed by atoms with Gasteiger partial charge in [-0.2, -0.15) is 0 Å². The third-order valence-electron chi connectivity index (χ3n) is 5.69. The zero-order valence-corrected chi connectivity index (χ0v) is 18.9. The number of aliphatic hydroxyl groups excluding tert-OH is 1. The van der Waals surface area contributed by atoms with Crippen LogP contribution in [0.3, 0.4) is 0 Å². The van der Waals surface area contributed by atoms with Crippen molar-refractivity contribution in [3.8, 4) is 0 Å². The molecular weight excluding hydrogens is 330 g/mol. The number of hydrogen-bond acceptors (Lipinski definition) is 2. The van der Waals surface area contributed by atoms with Crippen molar-refractivity contribution >= 4 is 0 Å². The first kappa shape index (κ1) is 26.9. The molecule has 0 bridgehead atoms. The minimum Gasteiger partial charge on any atom is -0.396 e. The molecule has 0 unspecified atom stereocenters. The minimum absolute atomic E-state index is 0.372. The molecule has 0 heterocycles. The second-order valence-corrected chi connectivity index (χ2v) is 8.54. The Bertz CT molecular complexity index is 220. The Kier molecular flexibility index (Phi) is 25.8. The molecule has 0 rings (SSSR count). The normalized spacial score (nSPS) is 11.3. The van der Waals surface area contributed by atoms with Crippen LogP contribution in [0.5, 0.6) is 0 Å². The molecule has 0 saturated heterocycles. The second-order valence-electron chi connectivity index (χ2n) is 8.54. The molecule has 0 saturated carbocycles. The highest BCUT2D eigenvalue weighted by molar-refractivity contribution is 4.52. The molecule has 0 aromatic heterocycles. The number of unbranched alkanes of at least 4 members (excludes halogenated alkanes) is 19. The van der Waals surface area contributed by atoms with Crippen LogP contribution in [0.1, 0.15) is 142 Å². The van der Waals surface area contributed by atoms with Crippen LogP contribution in [0.4, 0.5) is 0 Å². The summed E-state index contributed by atoms with van der Waals surface area (Å²) in [6.45, 7) is 5.02. The average molecular weight is 384 g/mol. The fourth-order valence-electron chi connectivity index (χ4n) is 3.85. The van der Waals surface area contributed by atoms with Crippen LogP contribution in [0.2, 0.25) is 0 Å². The summed E-state index contributed by atoms with van der Waals surface area (Å²) in [5.74, 6) is 0. The van der Waals surface area contributed by atoms with Crippen LogP contribution in [-0.4, -0.2) is 24.8 Å². The van der Waals surface area contributed by atoms with E-state index in [-0.39, 0.29) is 0 Å². The summed E-state index contributed by atoms with van der Waals surface area (Å²) in [7, 11) is 0. The van der Waals surface area contributed by atoms with Crippen LogP contribution in [-0.2, 0) is 0 Å². The molecule has 0 aliphatic carbocycles. The maximum absolute atomic E-state index is 8.74. The van der Waals surface area contributed by atoms with Crippen LogP contribution in [0.15, 0.2) is 0 Å². The van der Waals surface area contributed by atoms with Crippen LogP contribution >= 0.6 is 0 Å². The van der Waals surface area contributed by atoms with Crippen molar-refractivity contribution in [1.29, 1.82) is 0 Å². The molecule has 164 valence electrons. The molecule has 0 aliphatic heterocycles. The zero-order valence-electron chi connectivity index (χ0n) is 18.9. The summed E-state index contributed by atoms with van der Waals surface area (Å²) in [6, 6.07) is 0. The van der Waals surface area contributed by atoms with E-state index in [1.165, 1.54) is 142 Å². The zero-order chi connectivity index (χ0) is 19.7. The lowest BCUT2D eigenvalue weighted by Crippen LogP contribution is -2.15. The molecule has 0 spiro atoms. The number of rotatable bonds is 24. The molecule has 2 heteroatoms. The van der Waals surface area contributed by atoms with Gasteiger partial charge in [0, 0.05) is 6.61 Å². The lowest BCUT2D eigenvalue weighted by molar-refractivity contribution is 0.282. The van der Waals surface area contributed by atoms with Gasteiger partial charge < -0.3 is 10.4 Å². The van der Waals surface area contributed by atoms with Crippen molar-refractivity contribution < 1.29 is 5.11 Å². The fraction of sp³-hybridized carbons (Fsp3) is 1.00. The summed E-state index contributed by atoms with van der Waals surface area (Å²) >= 11 is 0. The highest BCUT2D eigenvalue weighted by Gasteiger charge is 1.95. The van der Waals surface area contributed by atoms with Gasteiger partial charge in [0.1, 0.15) is 0 Å². The van der Waals surface area contributed by atoms with Gasteiger partial charge in [0.2, 0.25) is 0 Å². The molecule has 0 aromatic rings. The highest BCUT2D eigenvalue weighted by atomic mass is 16.2. The molecule has 0 amide bonds. The Morgan fingerprint density at radius 1 is 0.407 bits per heavy atom. The standard InChI is InChI=1S/C25H53NO/c1-2-23-26-24-21-19-17-15-13-11-9-7-5-3-4-6-8-10-12-14-16-18-20-22-25-27/h26-27H,2-25H2,1H3. The predicted octanol–water partition coefficient (Wildman–Crippen LogP) is 7.78.